The molecule has 3 N–H and O–H groups in total. The van der Waals surface area contributed by atoms with Crippen molar-refractivity contribution >= 4 is 33.4 Å². The molecular weight excluding hydrogens is 461 g/mol. The van der Waals surface area contributed by atoms with Crippen LogP contribution in [-0.4, -0.2) is 65.6 Å². The van der Waals surface area contributed by atoms with E-state index >= 15 is 0 Å². The maximum atomic E-state index is 12.9. The molecule has 31 heavy (non-hydrogen) atoms. The van der Waals surface area contributed by atoms with Crippen LogP contribution in [0.5, 0.6) is 0 Å². The number of halogens is 3. The summed E-state index contributed by atoms with van der Waals surface area (Å²) in [6.45, 7) is 2.70. The van der Waals surface area contributed by atoms with E-state index in [9.17, 15) is 26.4 Å². The minimum absolute atomic E-state index is 0.0522. The molecule has 10 nitrogen and oxygen atoms in total. The molecular formula is C16H19F3N6O4S2. The highest BCUT2D eigenvalue weighted by molar-refractivity contribution is 7.99. The van der Waals surface area contributed by atoms with Crippen LogP contribution in [0.2, 0.25) is 0 Å². The number of aromatic nitrogens is 3. The van der Waals surface area contributed by atoms with Gasteiger partial charge >= 0.3 is 6.18 Å². The highest BCUT2D eigenvalue weighted by Crippen LogP contribution is 2.29. The molecule has 1 aromatic heterocycles. The third-order valence-corrected chi connectivity index (χ3v) is 7.29. The average molecular weight is 480 g/mol. The summed E-state index contributed by atoms with van der Waals surface area (Å²) in [6, 6.07) is 4.43. The number of aryl methyl sites for hydroxylation is 1. The molecule has 0 unspecified atom stereocenters. The normalized spacial score (nSPS) is 15.7. The van der Waals surface area contributed by atoms with Crippen LogP contribution in [0.25, 0.3) is 0 Å². The maximum Gasteiger partial charge on any atom is 0.453 e. The Labute approximate surface area is 180 Å². The van der Waals surface area contributed by atoms with Crippen molar-refractivity contribution < 1.29 is 31.1 Å². The quantitative estimate of drug-likeness (QED) is 0.464. The Balaban J connectivity index is 1.68. The van der Waals surface area contributed by atoms with Gasteiger partial charge in [-0.15, -0.1) is 10.2 Å². The first-order valence-electron chi connectivity index (χ1n) is 8.89. The van der Waals surface area contributed by atoms with Crippen molar-refractivity contribution in [1.82, 2.24) is 19.2 Å². The summed E-state index contributed by atoms with van der Waals surface area (Å²) < 4.78 is 70.7. The van der Waals surface area contributed by atoms with Crippen molar-refractivity contribution in [2.24, 2.45) is 0 Å². The number of nitrogens with zero attached hydrogens (tertiary/aromatic N) is 4. The molecule has 1 saturated heterocycles. The number of rotatable bonds is 6. The van der Waals surface area contributed by atoms with Crippen molar-refractivity contribution in [2.45, 2.75) is 23.2 Å². The lowest BCUT2D eigenvalue weighted by molar-refractivity contribution is -0.146. The molecule has 170 valence electrons. The van der Waals surface area contributed by atoms with Crippen LogP contribution in [0, 0.1) is 6.92 Å². The number of nitrogen functional groups attached to an aromatic ring is 1. The number of anilines is 1. The maximum absolute atomic E-state index is 12.9. The highest BCUT2D eigenvalue weighted by Gasteiger charge is 2.38. The van der Waals surface area contributed by atoms with Crippen LogP contribution in [-0.2, 0) is 25.7 Å². The molecule has 1 aromatic carbocycles. The molecule has 1 aliphatic rings. The smallest absolute Gasteiger partial charge is 0.379 e. The summed E-state index contributed by atoms with van der Waals surface area (Å²) in [5, 5.41) is 8.53. The second-order valence-electron chi connectivity index (χ2n) is 6.51. The van der Waals surface area contributed by atoms with E-state index in [0.717, 1.165) is 0 Å². The second-order valence-corrected chi connectivity index (χ2v) is 9.36. The molecule has 0 spiro atoms. The van der Waals surface area contributed by atoms with Gasteiger partial charge in [-0.25, -0.2) is 13.1 Å². The summed E-state index contributed by atoms with van der Waals surface area (Å²) in [6.07, 6.45) is -4.77. The lowest BCUT2D eigenvalue weighted by Gasteiger charge is -2.26. The number of carbonyl (C=O) groups excluding carboxylic acids is 1. The fourth-order valence-corrected chi connectivity index (χ4v) is 5.09. The second kappa shape index (κ2) is 9.02. The Morgan fingerprint density at radius 2 is 1.97 bits per heavy atom. The zero-order chi connectivity index (χ0) is 22.8. The molecule has 15 heteroatoms. The molecule has 1 amide bonds. The molecule has 2 heterocycles. The molecule has 2 aromatic rings. The zero-order valence-corrected chi connectivity index (χ0v) is 17.9. The molecule has 1 fully saturated rings. The monoisotopic (exact) mass is 480 g/mol. The minimum atomic E-state index is -4.77. The Kier molecular flexibility index (Phi) is 6.78. The largest absolute Gasteiger partial charge is 0.453 e. The van der Waals surface area contributed by atoms with E-state index in [1.807, 2.05) is 0 Å². The van der Waals surface area contributed by atoms with E-state index in [4.69, 9.17) is 10.6 Å². The van der Waals surface area contributed by atoms with Crippen LogP contribution < -0.4 is 11.2 Å². The number of hydrogen-bond donors (Lipinski definition) is 2. The number of ether oxygens (including phenoxy) is 1. The van der Waals surface area contributed by atoms with Gasteiger partial charge in [-0.3, -0.25) is 4.79 Å². The summed E-state index contributed by atoms with van der Waals surface area (Å²) >= 11 is 0.659. The lowest BCUT2D eigenvalue weighted by atomic mass is 10.2. The van der Waals surface area contributed by atoms with Gasteiger partial charge in [-0.05, 0) is 24.6 Å². The third kappa shape index (κ3) is 5.28. The predicted octanol–water partition coefficient (Wildman–Crippen LogP) is 1.07. The fourth-order valence-electron chi connectivity index (χ4n) is 2.78. The fraction of sp³-hybridized carbons (Fsp3) is 0.438. The van der Waals surface area contributed by atoms with E-state index < -0.39 is 27.9 Å². The van der Waals surface area contributed by atoms with Gasteiger partial charge in [0.1, 0.15) is 0 Å². The average Bonchev–Trinajstić information content (AvgIpc) is 3.09. The Hall–Kier alpha value is -2.36. The summed E-state index contributed by atoms with van der Waals surface area (Å²) in [5.74, 6) is 3.04. The van der Waals surface area contributed by atoms with Gasteiger partial charge in [0.15, 0.2) is 0 Å². The number of carbonyl (C=O) groups is 1. The molecule has 1 aliphatic heterocycles. The van der Waals surface area contributed by atoms with Crippen molar-refractivity contribution in [1.29, 1.82) is 0 Å². The first-order chi connectivity index (χ1) is 14.5. The van der Waals surface area contributed by atoms with E-state index in [0.29, 0.717) is 30.5 Å². The Bertz CT molecular complexity index is 1070. The van der Waals surface area contributed by atoms with Crippen molar-refractivity contribution in [3.63, 3.8) is 0 Å². The van der Waals surface area contributed by atoms with E-state index in [1.165, 1.54) is 16.4 Å². The molecule has 0 bridgehead atoms. The number of benzene rings is 1. The summed E-state index contributed by atoms with van der Waals surface area (Å²) in [7, 11) is -3.77. The number of sulfonamides is 1. The van der Waals surface area contributed by atoms with E-state index in [1.54, 1.807) is 13.0 Å². The number of nitrogens with two attached hydrogens (primary N) is 1. The van der Waals surface area contributed by atoms with Crippen molar-refractivity contribution in [3.05, 3.63) is 29.6 Å². The molecule has 0 aliphatic carbocycles. The first-order valence-corrected chi connectivity index (χ1v) is 11.3. The summed E-state index contributed by atoms with van der Waals surface area (Å²) in [5.41, 5.74) is 0.739. The topological polar surface area (TPSA) is 132 Å². The molecule has 0 radical (unpaired) electrons. The van der Waals surface area contributed by atoms with Gasteiger partial charge in [0.25, 0.3) is 5.82 Å². The van der Waals surface area contributed by atoms with E-state index in [-0.39, 0.29) is 39.3 Å². The Morgan fingerprint density at radius 1 is 1.29 bits per heavy atom. The first kappa shape index (κ1) is 23.3. The third-order valence-electron chi connectivity index (χ3n) is 4.31. The van der Waals surface area contributed by atoms with E-state index in [2.05, 4.69) is 15.5 Å². The van der Waals surface area contributed by atoms with Gasteiger partial charge in [-0.1, -0.05) is 17.8 Å². The number of amides is 1. The lowest BCUT2D eigenvalue weighted by Crippen LogP contribution is -2.40. The summed E-state index contributed by atoms with van der Waals surface area (Å²) in [4.78, 5) is 12.3. The van der Waals surface area contributed by atoms with Crippen molar-refractivity contribution in [3.8, 4) is 0 Å². The predicted molar refractivity (Wildman–Crippen MR) is 105 cm³/mol. The molecule has 3 rings (SSSR count). The SMILES string of the molecule is Cc1ccc(NC(=O)CSc2nnc(C(F)(F)F)n2N)cc1S(=O)(=O)N1CCOCC1. The number of hydrogen-bond acceptors (Lipinski definition) is 8. The van der Waals surface area contributed by atoms with Gasteiger partial charge in [0.05, 0.1) is 23.9 Å². The minimum Gasteiger partial charge on any atom is -0.379 e. The van der Waals surface area contributed by atoms with Gasteiger partial charge in [0.2, 0.25) is 21.1 Å². The number of alkyl halides is 3. The number of thioether (sulfide) groups is 1. The highest BCUT2D eigenvalue weighted by atomic mass is 32.2. The Morgan fingerprint density at radius 3 is 2.58 bits per heavy atom. The molecule has 0 atom stereocenters. The van der Waals surface area contributed by atoms with Gasteiger partial charge < -0.3 is 15.9 Å². The van der Waals surface area contributed by atoms with Gasteiger partial charge in [0, 0.05) is 18.8 Å². The van der Waals surface area contributed by atoms with Crippen molar-refractivity contribution in [2.75, 3.05) is 43.2 Å². The molecule has 0 saturated carbocycles. The van der Waals surface area contributed by atoms with Crippen LogP contribution in [0.15, 0.2) is 28.3 Å². The van der Waals surface area contributed by atoms with Crippen LogP contribution in [0.3, 0.4) is 0 Å². The van der Waals surface area contributed by atoms with Gasteiger partial charge in [-0.2, -0.15) is 17.5 Å². The van der Waals surface area contributed by atoms with Crippen LogP contribution in [0.4, 0.5) is 18.9 Å². The zero-order valence-electron chi connectivity index (χ0n) is 16.2. The van der Waals surface area contributed by atoms with Crippen LogP contribution in [0.1, 0.15) is 11.4 Å². The van der Waals surface area contributed by atoms with Crippen LogP contribution >= 0.6 is 11.8 Å². The standard InChI is InChI=1S/C16H19F3N6O4S2/c1-10-2-3-11(8-12(10)31(27,28)24-4-6-29-7-5-24)21-13(26)9-30-15-23-22-14(25(15)20)16(17,18)19/h2-3,8H,4-7,9,20H2,1H3,(H,21,26). The number of nitrogens with one attached hydrogen (secondary N) is 1. The number of morpholine rings is 1.